The molecular formula is C8H5N3O4S2. The zero-order valence-electron chi connectivity index (χ0n) is 8.15. The zero-order valence-corrected chi connectivity index (χ0v) is 9.79. The second-order valence-corrected chi connectivity index (χ2v) is 4.66. The molecule has 88 valence electrons. The third-order valence-electron chi connectivity index (χ3n) is 1.89. The number of furan rings is 1. The fraction of sp³-hybridized carbons (Fsp3) is 0. The van der Waals surface area contributed by atoms with Gasteiger partial charge in [0.1, 0.15) is 10.7 Å². The molecule has 0 saturated carbocycles. The molecule has 7 nitrogen and oxygen atoms in total. The Labute approximate surface area is 104 Å². The van der Waals surface area contributed by atoms with E-state index in [-0.39, 0.29) is 20.9 Å². The van der Waals surface area contributed by atoms with Crippen LogP contribution in [-0.2, 0) is 4.79 Å². The Morgan fingerprint density at radius 1 is 1.59 bits per heavy atom. The minimum absolute atomic E-state index is 0.200. The number of thioether (sulfide) groups is 1. The minimum atomic E-state index is -0.661. The number of rotatable bonds is 2. The molecule has 0 aromatic carbocycles. The van der Waals surface area contributed by atoms with E-state index in [1.807, 2.05) is 0 Å². The lowest BCUT2D eigenvalue weighted by molar-refractivity contribution is -0.402. The largest absolute Gasteiger partial charge is 0.433 e. The SMILES string of the molecule is NN1C(=O)/C(=C\c2ccc([N+](=O)[O-])o2)SC1=S. The van der Waals surface area contributed by atoms with Crippen molar-refractivity contribution in [3.05, 3.63) is 32.9 Å². The number of hydrazine groups is 1. The first-order chi connectivity index (χ1) is 7.99. The number of amides is 1. The Balaban J connectivity index is 2.28. The highest BCUT2D eigenvalue weighted by Gasteiger charge is 2.30. The first kappa shape index (κ1) is 11.8. The summed E-state index contributed by atoms with van der Waals surface area (Å²) in [6, 6.07) is 2.59. The molecular weight excluding hydrogens is 266 g/mol. The molecule has 9 heteroatoms. The Hall–Kier alpha value is -1.71. The van der Waals surface area contributed by atoms with Gasteiger partial charge in [-0.25, -0.2) is 10.9 Å². The molecule has 0 atom stereocenters. The van der Waals surface area contributed by atoms with Crippen molar-refractivity contribution in [2.24, 2.45) is 5.84 Å². The van der Waals surface area contributed by atoms with Gasteiger partial charge in [0.25, 0.3) is 5.91 Å². The van der Waals surface area contributed by atoms with E-state index >= 15 is 0 Å². The number of nitro groups is 1. The van der Waals surface area contributed by atoms with Crippen LogP contribution in [0.5, 0.6) is 0 Å². The van der Waals surface area contributed by atoms with E-state index in [2.05, 4.69) is 0 Å². The number of carbonyl (C=O) groups is 1. The van der Waals surface area contributed by atoms with Crippen molar-refractivity contribution in [2.45, 2.75) is 0 Å². The van der Waals surface area contributed by atoms with Crippen LogP contribution in [0, 0.1) is 10.1 Å². The van der Waals surface area contributed by atoms with Gasteiger partial charge in [0.05, 0.1) is 11.0 Å². The summed E-state index contributed by atoms with van der Waals surface area (Å²) in [5.41, 5.74) is 0. The molecule has 0 spiro atoms. The van der Waals surface area contributed by atoms with Gasteiger partial charge < -0.3 is 4.42 Å². The maximum Gasteiger partial charge on any atom is 0.433 e. The molecule has 2 heterocycles. The Morgan fingerprint density at radius 2 is 2.29 bits per heavy atom. The zero-order chi connectivity index (χ0) is 12.6. The van der Waals surface area contributed by atoms with Crippen molar-refractivity contribution < 1.29 is 14.1 Å². The van der Waals surface area contributed by atoms with Crippen LogP contribution in [0.25, 0.3) is 6.08 Å². The second kappa shape index (κ2) is 4.28. The maximum atomic E-state index is 11.5. The molecule has 0 radical (unpaired) electrons. The molecule has 2 rings (SSSR count). The van der Waals surface area contributed by atoms with Crippen molar-refractivity contribution in [3.8, 4) is 0 Å². The predicted molar refractivity (Wildman–Crippen MR) is 64.6 cm³/mol. The van der Waals surface area contributed by atoms with E-state index in [1.165, 1.54) is 18.2 Å². The Morgan fingerprint density at radius 3 is 2.76 bits per heavy atom. The van der Waals surface area contributed by atoms with Crippen LogP contribution < -0.4 is 5.84 Å². The molecule has 0 unspecified atom stereocenters. The second-order valence-electron chi connectivity index (χ2n) is 2.98. The smallest absolute Gasteiger partial charge is 0.401 e. The molecule has 0 aliphatic carbocycles. The summed E-state index contributed by atoms with van der Waals surface area (Å²) < 4.78 is 5.11. The quantitative estimate of drug-likeness (QED) is 0.216. The van der Waals surface area contributed by atoms with Crippen LogP contribution in [0.15, 0.2) is 21.5 Å². The number of nitrogens with zero attached hydrogens (tertiary/aromatic N) is 2. The molecule has 1 aliphatic heterocycles. The van der Waals surface area contributed by atoms with Crippen molar-refractivity contribution in [3.63, 3.8) is 0 Å². The fourth-order valence-electron chi connectivity index (χ4n) is 1.13. The summed E-state index contributed by atoms with van der Waals surface area (Å²) in [7, 11) is 0. The summed E-state index contributed by atoms with van der Waals surface area (Å²) in [4.78, 5) is 21.5. The van der Waals surface area contributed by atoms with Crippen molar-refractivity contribution in [1.82, 2.24) is 5.01 Å². The van der Waals surface area contributed by atoms with Crippen molar-refractivity contribution in [1.29, 1.82) is 0 Å². The molecule has 0 bridgehead atoms. The molecule has 1 amide bonds. The average Bonchev–Trinajstić information content (AvgIpc) is 2.82. The number of thiocarbonyl (C=S) groups is 1. The molecule has 1 aromatic rings. The van der Waals surface area contributed by atoms with Crippen LogP contribution in [0.1, 0.15) is 5.76 Å². The normalized spacial score (nSPS) is 18.2. The van der Waals surface area contributed by atoms with E-state index in [4.69, 9.17) is 22.5 Å². The molecule has 2 N–H and O–H groups in total. The number of nitrogens with two attached hydrogens (primary N) is 1. The summed E-state index contributed by atoms with van der Waals surface area (Å²) >= 11 is 5.83. The molecule has 17 heavy (non-hydrogen) atoms. The molecule has 1 saturated heterocycles. The van der Waals surface area contributed by atoms with Gasteiger partial charge in [0.2, 0.25) is 0 Å². The van der Waals surface area contributed by atoms with E-state index in [0.29, 0.717) is 0 Å². The third-order valence-corrected chi connectivity index (χ3v) is 3.22. The van der Waals surface area contributed by atoms with Gasteiger partial charge >= 0.3 is 5.88 Å². The van der Waals surface area contributed by atoms with Crippen LogP contribution in [0.3, 0.4) is 0 Å². The topological polar surface area (TPSA) is 103 Å². The molecule has 1 aromatic heterocycles. The van der Waals surface area contributed by atoms with Gasteiger partial charge in [0.15, 0.2) is 4.32 Å². The standard InChI is InChI=1S/C8H5N3O4S2/c9-10-7(12)5(17-8(10)16)3-4-1-2-6(15-4)11(13)14/h1-3H,9H2/b5-3+. The van der Waals surface area contributed by atoms with Gasteiger partial charge in [-0.05, 0) is 6.07 Å². The first-order valence-corrected chi connectivity index (χ1v) is 5.48. The molecule has 1 aliphatic rings. The third kappa shape index (κ3) is 2.20. The van der Waals surface area contributed by atoms with Crippen LogP contribution in [-0.4, -0.2) is 20.2 Å². The monoisotopic (exact) mass is 271 g/mol. The van der Waals surface area contributed by atoms with Crippen LogP contribution >= 0.6 is 24.0 Å². The average molecular weight is 271 g/mol. The van der Waals surface area contributed by atoms with Gasteiger partial charge in [-0.15, -0.1) is 0 Å². The number of hydrogen-bond donors (Lipinski definition) is 1. The first-order valence-electron chi connectivity index (χ1n) is 4.26. The lowest BCUT2D eigenvalue weighted by Crippen LogP contribution is -2.34. The summed E-state index contributed by atoms with van der Waals surface area (Å²) in [5, 5.41) is 11.2. The highest BCUT2D eigenvalue weighted by Crippen LogP contribution is 2.31. The van der Waals surface area contributed by atoms with E-state index in [9.17, 15) is 14.9 Å². The van der Waals surface area contributed by atoms with E-state index in [0.717, 1.165) is 16.8 Å². The van der Waals surface area contributed by atoms with Gasteiger partial charge in [-0.2, -0.15) is 0 Å². The number of hydrogen-bond acceptors (Lipinski definition) is 7. The Kier molecular flexibility index (Phi) is 2.96. The van der Waals surface area contributed by atoms with Crippen LogP contribution in [0.4, 0.5) is 5.88 Å². The highest BCUT2D eigenvalue weighted by molar-refractivity contribution is 8.26. The lowest BCUT2D eigenvalue weighted by atomic mass is 10.4. The van der Waals surface area contributed by atoms with Gasteiger partial charge in [-0.3, -0.25) is 14.9 Å². The maximum absolute atomic E-state index is 11.5. The summed E-state index contributed by atoms with van der Waals surface area (Å²) in [6.45, 7) is 0. The molecule has 1 fully saturated rings. The summed E-state index contributed by atoms with van der Waals surface area (Å²) in [6.07, 6.45) is 1.36. The van der Waals surface area contributed by atoms with E-state index < -0.39 is 10.8 Å². The Bertz CT molecular complexity index is 551. The van der Waals surface area contributed by atoms with Crippen LogP contribution in [0.2, 0.25) is 0 Å². The predicted octanol–water partition coefficient (Wildman–Crippen LogP) is 1.26. The fourth-order valence-corrected chi connectivity index (χ4v) is 2.21. The van der Waals surface area contributed by atoms with E-state index in [1.54, 1.807) is 0 Å². The highest BCUT2D eigenvalue weighted by atomic mass is 32.2. The lowest BCUT2D eigenvalue weighted by Gasteiger charge is -2.02. The summed E-state index contributed by atoms with van der Waals surface area (Å²) in [5.74, 6) is 4.71. The van der Waals surface area contributed by atoms with Gasteiger partial charge in [0, 0.05) is 6.08 Å². The number of carbonyl (C=O) groups excluding carboxylic acids is 1. The van der Waals surface area contributed by atoms with Crippen molar-refractivity contribution in [2.75, 3.05) is 0 Å². The van der Waals surface area contributed by atoms with Gasteiger partial charge in [-0.1, -0.05) is 24.0 Å². The van der Waals surface area contributed by atoms with Crippen molar-refractivity contribution >= 4 is 46.2 Å². The minimum Gasteiger partial charge on any atom is -0.401 e.